The number of imide groups is 1. The molecule has 7 nitrogen and oxygen atoms in total. The minimum Gasteiger partial charge on any atom is -0.358 e. The maximum absolute atomic E-state index is 14.7. The molecule has 1 unspecified atom stereocenters. The molecule has 4 amide bonds. The summed E-state index contributed by atoms with van der Waals surface area (Å²) in [4.78, 5) is 51.4. The molecule has 10 radical (unpaired) electrons. The van der Waals surface area contributed by atoms with Crippen molar-refractivity contribution in [3.8, 4) is 0 Å². The van der Waals surface area contributed by atoms with Gasteiger partial charge >= 0.3 is 5.92 Å². The van der Waals surface area contributed by atoms with E-state index in [0.29, 0.717) is 0 Å². The van der Waals surface area contributed by atoms with Crippen molar-refractivity contribution >= 4 is 74.6 Å². The summed E-state index contributed by atoms with van der Waals surface area (Å²) in [5.41, 5.74) is -2.27. The molecular formula is C22H13B5ClF2N3O4. The van der Waals surface area contributed by atoms with E-state index in [0.717, 1.165) is 17.0 Å². The second-order valence-corrected chi connectivity index (χ2v) is 9.35. The summed E-state index contributed by atoms with van der Waals surface area (Å²) in [6.07, 6.45) is -0.376. The Labute approximate surface area is 222 Å². The van der Waals surface area contributed by atoms with Gasteiger partial charge in [0.2, 0.25) is 19.8 Å². The lowest BCUT2D eigenvalue weighted by Gasteiger charge is -2.46. The van der Waals surface area contributed by atoms with Crippen LogP contribution >= 0.6 is 11.6 Å². The molecule has 0 saturated carbocycles. The van der Waals surface area contributed by atoms with Crippen molar-refractivity contribution < 1.29 is 28.0 Å². The Hall–Kier alpha value is -3.01. The molecule has 15 heteroatoms. The van der Waals surface area contributed by atoms with E-state index in [9.17, 15) is 28.0 Å². The zero-order valence-electron chi connectivity index (χ0n) is 19.1. The number of benzene rings is 2. The number of carbonyl (C=O) groups is 4. The monoisotopic (exact) mass is 511 g/mol. The predicted octanol–water partition coefficient (Wildman–Crippen LogP) is 0.316. The van der Waals surface area contributed by atoms with Crippen LogP contribution in [0.3, 0.4) is 0 Å². The van der Waals surface area contributed by atoms with Gasteiger partial charge in [-0.2, -0.15) is 8.78 Å². The lowest BCUT2D eigenvalue weighted by atomic mass is 9.57. The van der Waals surface area contributed by atoms with Crippen LogP contribution < -0.4 is 5.32 Å². The summed E-state index contributed by atoms with van der Waals surface area (Å²) in [7, 11) is 29.5. The van der Waals surface area contributed by atoms with Crippen LogP contribution in [0.5, 0.6) is 0 Å². The van der Waals surface area contributed by atoms with E-state index in [1.54, 1.807) is 0 Å². The Bertz CT molecular complexity index is 1330. The molecule has 2 aromatic carbocycles. The van der Waals surface area contributed by atoms with Crippen LogP contribution in [-0.2, 0) is 32.2 Å². The summed E-state index contributed by atoms with van der Waals surface area (Å²) < 4.78 is 29.4. The lowest BCUT2D eigenvalue weighted by Crippen LogP contribution is -2.65. The Morgan fingerprint density at radius 2 is 1.68 bits per heavy atom. The number of amides is 4. The van der Waals surface area contributed by atoms with Gasteiger partial charge in [-0.05, 0) is 41.1 Å². The summed E-state index contributed by atoms with van der Waals surface area (Å²) >= 11 is 5.71. The molecule has 37 heavy (non-hydrogen) atoms. The zero-order chi connectivity index (χ0) is 27.5. The van der Waals surface area contributed by atoms with E-state index < -0.39 is 51.7 Å². The standard InChI is InChI=1S/C22H13B5ClF2N3O4/c23-15-8-20(24,19(37)33(27)17(15)35)32-9-10-7-12(3-6-14(10)16(32)34)22(25,26)31-18(36)21(29,30)11-1-4-13(28)5-2-11/h1-7,15H,8-9H2,(H,31,36)/t15?,20-/m0/s1. The number of nitrogens with zero attached hydrogens (tertiary/aromatic N) is 2. The number of rotatable bonds is 5. The van der Waals surface area contributed by atoms with Crippen LogP contribution in [0.15, 0.2) is 42.5 Å². The Kier molecular flexibility index (Phi) is 6.63. The first-order valence-electron chi connectivity index (χ1n) is 10.8. The number of nitrogens with one attached hydrogen (secondary N) is 1. The molecule has 2 aliphatic rings. The number of fused-ring (bicyclic) bond motifs is 1. The van der Waals surface area contributed by atoms with E-state index in [-0.39, 0.29) is 39.5 Å². The molecule has 0 spiro atoms. The highest BCUT2D eigenvalue weighted by Crippen LogP contribution is 2.38. The Morgan fingerprint density at radius 1 is 1.08 bits per heavy atom. The quantitative estimate of drug-likeness (QED) is 0.464. The van der Waals surface area contributed by atoms with Crippen molar-refractivity contribution in [1.82, 2.24) is 15.0 Å². The second kappa shape index (κ2) is 9.08. The minimum atomic E-state index is -3.99. The molecule has 0 bridgehead atoms. The largest absolute Gasteiger partial charge is 0.358 e. The molecule has 1 fully saturated rings. The van der Waals surface area contributed by atoms with E-state index in [2.05, 4.69) is 0 Å². The molecule has 2 aliphatic heterocycles. The highest BCUT2D eigenvalue weighted by atomic mass is 35.5. The van der Waals surface area contributed by atoms with Gasteiger partial charge in [-0.25, -0.2) is 0 Å². The van der Waals surface area contributed by atoms with Crippen molar-refractivity contribution in [1.29, 1.82) is 0 Å². The molecule has 1 N–H and O–H groups in total. The fraction of sp³-hybridized carbons (Fsp3) is 0.273. The van der Waals surface area contributed by atoms with Gasteiger partial charge in [-0.1, -0.05) is 35.9 Å². The van der Waals surface area contributed by atoms with Crippen molar-refractivity contribution in [3.63, 3.8) is 0 Å². The van der Waals surface area contributed by atoms with Gasteiger partial charge in [-0.3, -0.25) is 19.2 Å². The third kappa shape index (κ3) is 4.49. The smallest absolute Gasteiger partial charge is 0.349 e. The lowest BCUT2D eigenvalue weighted by molar-refractivity contribution is -0.148. The Morgan fingerprint density at radius 3 is 2.30 bits per heavy atom. The molecule has 2 atom stereocenters. The number of hydrogen-bond acceptors (Lipinski definition) is 4. The topological polar surface area (TPSA) is 86.8 Å². The van der Waals surface area contributed by atoms with E-state index in [1.165, 1.54) is 30.3 Å². The molecule has 0 aromatic heterocycles. The highest BCUT2D eigenvalue weighted by molar-refractivity contribution is 6.43. The predicted molar refractivity (Wildman–Crippen MR) is 133 cm³/mol. The summed E-state index contributed by atoms with van der Waals surface area (Å²) in [6, 6.07) is 8.26. The highest BCUT2D eigenvalue weighted by Gasteiger charge is 2.51. The van der Waals surface area contributed by atoms with Crippen LogP contribution in [0.1, 0.15) is 33.5 Å². The number of hydrogen-bond donors (Lipinski definition) is 1. The van der Waals surface area contributed by atoms with Crippen LogP contribution in [0, 0.1) is 0 Å². The normalized spacial score (nSPS) is 22.2. The molecule has 4 rings (SSSR count). The van der Waals surface area contributed by atoms with Crippen molar-refractivity contribution in [3.05, 3.63) is 69.7 Å². The third-order valence-corrected chi connectivity index (χ3v) is 6.61. The first kappa shape index (κ1) is 27.0. The van der Waals surface area contributed by atoms with E-state index in [4.69, 9.17) is 51.0 Å². The van der Waals surface area contributed by atoms with Crippen LogP contribution in [-0.4, -0.2) is 78.1 Å². The van der Waals surface area contributed by atoms with Crippen LogP contribution in [0.2, 0.25) is 10.8 Å². The molecule has 1 saturated heterocycles. The maximum Gasteiger partial charge on any atom is 0.349 e. The molecule has 0 aliphatic carbocycles. The van der Waals surface area contributed by atoms with Gasteiger partial charge in [0.15, 0.2) is 0 Å². The molecule has 2 heterocycles. The zero-order valence-corrected chi connectivity index (χ0v) is 19.8. The third-order valence-electron chi connectivity index (χ3n) is 6.36. The van der Waals surface area contributed by atoms with Gasteiger partial charge in [0.05, 0.1) is 29.0 Å². The average molecular weight is 511 g/mol. The van der Waals surface area contributed by atoms with Crippen molar-refractivity contribution in [2.45, 2.75) is 35.5 Å². The fourth-order valence-electron chi connectivity index (χ4n) is 4.25. The number of carbonyl (C=O) groups excluding carboxylic acids is 4. The summed E-state index contributed by atoms with van der Waals surface area (Å²) in [5.74, 6) is -9.52. The van der Waals surface area contributed by atoms with Gasteiger partial charge in [0.1, 0.15) is 7.85 Å². The second-order valence-electron chi connectivity index (χ2n) is 8.92. The van der Waals surface area contributed by atoms with Crippen LogP contribution in [0.4, 0.5) is 8.78 Å². The first-order valence-corrected chi connectivity index (χ1v) is 11.1. The van der Waals surface area contributed by atoms with Crippen LogP contribution in [0.25, 0.3) is 0 Å². The number of alkyl halides is 2. The fourth-order valence-corrected chi connectivity index (χ4v) is 4.38. The van der Waals surface area contributed by atoms with Crippen molar-refractivity contribution in [2.24, 2.45) is 0 Å². The molecule has 176 valence electrons. The Balaban J connectivity index is 1.58. The molecular weight excluding hydrogens is 498 g/mol. The van der Waals surface area contributed by atoms with Gasteiger partial charge < -0.3 is 15.0 Å². The van der Waals surface area contributed by atoms with Gasteiger partial charge in [0, 0.05) is 28.5 Å². The average Bonchev–Trinajstić information content (AvgIpc) is 3.18. The SMILES string of the molecule is [B]C1C[C@]([B])(N2Cc3cc(C([B])([B])NC(=O)C(F)(F)c4ccc(Cl)cc4)ccc3C2=O)C(=O)N([B])C1=O. The van der Waals surface area contributed by atoms with Crippen molar-refractivity contribution in [2.75, 3.05) is 0 Å². The minimum absolute atomic E-state index is 0.0190. The number of halogens is 3. The number of piperidine rings is 1. The first-order chi connectivity index (χ1) is 17.1. The maximum atomic E-state index is 14.7. The summed E-state index contributed by atoms with van der Waals surface area (Å²) in [6.45, 7) is -0.232. The van der Waals surface area contributed by atoms with E-state index in [1.807, 2.05) is 5.32 Å². The van der Waals surface area contributed by atoms with E-state index >= 15 is 0 Å². The summed E-state index contributed by atoms with van der Waals surface area (Å²) in [5, 5.41) is -0.158. The molecule has 2 aromatic rings. The van der Waals surface area contributed by atoms with Gasteiger partial charge in [-0.15, -0.1) is 0 Å². The van der Waals surface area contributed by atoms with Gasteiger partial charge in [0.25, 0.3) is 11.8 Å².